The molecule has 5 heteroatoms. The lowest BCUT2D eigenvalue weighted by atomic mass is 10.1. The standard InChI is InChI=1S/C16H18N4O/c1-13-9-14(3-2-5-17)11-15(10-13)19-16(21)4-7-20-8-6-18-12-20/h6,8-12H,4-5,7,17H2,1H3,(H,19,21). The average Bonchev–Trinajstić information content (AvgIpc) is 2.95. The van der Waals surface area contributed by atoms with E-state index in [9.17, 15) is 4.79 Å². The number of aromatic nitrogens is 2. The van der Waals surface area contributed by atoms with Gasteiger partial charge in [-0.25, -0.2) is 4.98 Å². The van der Waals surface area contributed by atoms with Gasteiger partial charge in [-0.2, -0.15) is 0 Å². The second-order valence-electron chi connectivity index (χ2n) is 4.69. The lowest BCUT2D eigenvalue weighted by molar-refractivity contribution is -0.116. The third kappa shape index (κ3) is 4.79. The van der Waals surface area contributed by atoms with Gasteiger partial charge in [-0.15, -0.1) is 0 Å². The van der Waals surface area contributed by atoms with Crippen LogP contribution in [0.1, 0.15) is 17.5 Å². The van der Waals surface area contributed by atoms with Crippen molar-refractivity contribution < 1.29 is 4.79 Å². The minimum absolute atomic E-state index is 0.0352. The van der Waals surface area contributed by atoms with Gasteiger partial charge in [0.15, 0.2) is 0 Å². The summed E-state index contributed by atoms with van der Waals surface area (Å²) in [6, 6.07) is 5.73. The molecule has 0 spiro atoms. The van der Waals surface area contributed by atoms with Gasteiger partial charge in [0.05, 0.1) is 12.9 Å². The quantitative estimate of drug-likeness (QED) is 0.835. The topological polar surface area (TPSA) is 72.9 Å². The molecule has 0 bridgehead atoms. The van der Waals surface area contributed by atoms with Gasteiger partial charge in [0.1, 0.15) is 0 Å². The summed E-state index contributed by atoms with van der Waals surface area (Å²) < 4.78 is 1.87. The number of nitrogens with zero attached hydrogens (tertiary/aromatic N) is 2. The third-order valence-electron chi connectivity index (χ3n) is 2.85. The van der Waals surface area contributed by atoms with Crippen molar-refractivity contribution in [2.45, 2.75) is 19.9 Å². The Morgan fingerprint density at radius 3 is 3.00 bits per heavy atom. The Hall–Kier alpha value is -2.58. The first-order valence-electron chi connectivity index (χ1n) is 6.73. The first-order valence-corrected chi connectivity index (χ1v) is 6.73. The minimum atomic E-state index is -0.0352. The fourth-order valence-corrected chi connectivity index (χ4v) is 1.95. The van der Waals surface area contributed by atoms with Crippen molar-refractivity contribution in [1.82, 2.24) is 9.55 Å². The normalized spacial score (nSPS) is 9.81. The Bertz CT molecular complexity index is 665. The van der Waals surface area contributed by atoms with E-state index in [-0.39, 0.29) is 5.91 Å². The molecule has 0 radical (unpaired) electrons. The van der Waals surface area contributed by atoms with Crippen LogP contribution in [-0.2, 0) is 11.3 Å². The molecule has 0 fully saturated rings. The van der Waals surface area contributed by atoms with Crippen LogP contribution < -0.4 is 11.1 Å². The molecule has 3 N–H and O–H groups in total. The van der Waals surface area contributed by atoms with Crippen molar-refractivity contribution in [3.63, 3.8) is 0 Å². The molecule has 1 amide bonds. The Morgan fingerprint density at radius 2 is 2.29 bits per heavy atom. The molecule has 2 rings (SSSR count). The van der Waals surface area contributed by atoms with Crippen LogP contribution in [0, 0.1) is 18.8 Å². The predicted octanol–water partition coefficient (Wildman–Crippen LogP) is 1.53. The van der Waals surface area contributed by atoms with Crippen LogP contribution in [0.3, 0.4) is 0 Å². The number of amides is 1. The molecule has 0 saturated carbocycles. The number of nitrogens with two attached hydrogens (primary N) is 1. The summed E-state index contributed by atoms with van der Waals surface area (Å²) in [7, 11) is 0. The summed E-state index contributed by atoms with van der Waals surface area (Å²) >= 11 is 0. The number of hydrogen-bond donors (Lipinski definition) is 2. The fraction of sp³-hybridized carbons (Fsp3) is 0.250. The number of rotatable bonds is 4. The Labute approximate surface area is 124 Å². The molecule has 0 saturated heterocycles. The molecule has 2 aromatic rings. The van der Waals surface area contributed by atoms with Crippen molar-refractivity contribution in [3.05, 3.63) is 48.0 Å². The van der Waals surface area contributed by atoms with Crippen LogP contribution in [0.25, 0.3) is 0 Å². The molecule has 5 nitrogen and oxygen atoms in total. The van der Waals surface area contributed by atoms with Crippen LogP contribution in [0.4, 0.5) is 5.69 Å². The molecule has 0 unspecified atom stereocenters. The van der Waals surface area contributed by atoms with Crippen LogP contribution in [-0.4, -0.2) is 22.0 Å². The van der Waals surface area contributed by atoms with Gasteiger partial charge in [-0.3, -0.25) is 4.79 Å². The lowest BCUT2D eigenvalue weighted by Gasteiger charge is -2.07. The van der Waals surface area contributed by atoms with E-state index in [4.69, 9.17) is 5.73 Å². The molecule has 0 aliphatic carbocycles. The highest BCUT2D eigenvalue weighted by Crippen LogP contribution is 2.14. The van der Waals surface area contributed by atoms with Gasteiger partial charge in [0.25, 0.3) is 0 Å². The Kier molecular flexibility index (Phi) is 5.13. The smallest absolute Gasteiger partial charge is 0.226 e. The molecule has 0 aliphatic heterocycles. The molecule has 0 aliphatic rings. The maximum absolute atomic E-state index is 11.9. The van der Waals surface area contributed by atoms with Crippen molar-refractivity contribution in [3.8, 4) is 11.8 Å². The number of aryl methyl sites for hydroxylation is 2. The summed E-state index contributed by atoms with van der Waals surface area (Å²) in [4.78, 5) is 15.9. The molecular formula is C16H18N4O. The largest absolute Gasteiger partial charge is 0.337 e. The molecule has 108 valence electrons. The zero-order valence-corrected chi connectivity index (χ0v) is 12.0. The molecular weight excluding hydrogens is 264 g/mol. The van der Waals surface area contributed by atoms with Crippen molar-refractivity contribution in [2.75, 3.05) is 11.9 Å². The monoisotopic (exact) mass is 282 g/mol. The second kappa shape index (κ2) is 7.27. The van der Waals surface area contributed by atoms with E-state index in [1.807, 2.05) is 35.9 Å². The van der Waals surface area contributed by atoms with Crippen LogP contribution in [0.15, 0.2) is 36.9 Å². The van der Waals surface area contributed by atoms with Crippen LogP contribution in [0.2, 0.25) is 0 Å². The maximum Gasteiger partial charge on any atom is 0.226 e. The number of carbonyl (C=O) groups excluding carboxylic acids is 1. The summed E-state index contributed by atoms with van der Waals surface area (Å²) in [6.45, 7) is 2.90. The molecule has 1 heterocycles. The number of hydrogen-bond acceptors (Lipinski definition) is 3. The first-order chi connectivity index (χ1) is 10.2. The van der Waals surface area contributed by atoms with Crippen molar-refractivity contribution in [1.29, 1.82) is 0 Å². The first kappa shape index (κ1) is 14.8. The Balaban J connectivity index is 1.98. The highest BCUT2D eigenvalue weighted by atomic mass is 16.1. The van der Waals surface area contributed by atoms with Crippen LogP contribution >= 0.6 is 0 Å². The molecule has 0 atom stereocenters. The fourth-order valence-electron chi connectivity index (χ4n) is 1.95. The van der Waals surface area contributed by atoms with E-state index in [0.29, 0.717) is 19.5 Å². The SMILES string of the molecule is Cc1cc(C#CCN)cc(NC(=O)CCn2ccnc2)c1. The predicted molar refractivity (Wildman–Crippen MR) is 82.6 cm³/mol. The number of nitrogens with one attached hydrogen (secondary N) is 1. The van der Waals surface area contributed by atoms with Crippen molar-refractivity contribution >= 4 is 11.6 Å². The molecule has 21 heavy (non-hydrogen) atoms. The summed E-state index contributed by atoms with van der Waals surface area (Å²) in [6.07, 6.45) is 5.62. The van der Waals surface area contributed by atoms with Gasteiger partial charge in [-0.05, 0) is 30.7 Å². The van der Waals surface area contributed by atoms with Gasteiger partial charge < -0.3 is 15.6 Å². The number of benzene rings is 1. The summed E-state index contributed by atoms with van der Waals surface area (Å²) in [5.41, 5.74) is 8.02. The highest BCUT2D eigenvalue weighted by molar-refractivity contribution is 5.90. The lowest BCUT2D eigenvalue weighted by Crippen LogP contribution is -2.14. The van der Waals surface area contributed by atoms with E-state index in [0.717, 1.165) is 16.8 Å². The van der Waals surface area contributed by atoms with Crippen molar-refractivity contribution in [2.24, 2.45) is 5.73 Å². The maximum atomic E-state index is 11.9. The minimum Gasteiger partial charge on any atom is -0.337 e. The highest BCUT2D eigenvalue weighted by Gasteiger charge is 2.04. The summed E-state index contributed by atoms with van der Waals surface area (Å²) in [5, 5.41) is 2.89. The van der Waals surface area contributed by atoms with E-state index < -0.39 is 0 Å². The third-order valence-corrected chi connectivity index (χ3v) is 2.85. The van der Waals surface area contributed by atoms with E-state index in [1.54, 1.807) is 12.5 Å². The van der Waals surface area contributed by atoms with E-state index in [1.165, 1.54) is 0 Å². The van der Waals surface area contributed by atoms with Gasteiger partial charge in [0, 0.05) is 36.6 Å². The van der Waals surface area contributed by atoms with Gasteiger partial charge in [0.2, 0.25) is 5.91 Å². The number of imidazole rings is 1. The zero-order chi connectivity index (χ0) is 15.1. The molecule has 1 aromatic carbocycles. The number of anilines is 1. The van der Waals surface area contributed by atoms with E-state index in [2.05, 4.69) is 22.1 Å². The second-order valence-corrected chi connectivity index (χ2v) is 4.69. The summed E-state index contributed by atoms with van der Waals surface area (Å²) in [5.74, 6) is 5.75. The zero-order valence-electron chi connectivity index (χ0n) is 12.0. The van der Waals surface area contributed by atoms with Gasteiger partial charge >= 0.3 is 0 Å². The average molecular weight is 282 g/mol. The Morgan fingerprint density at radius 1 is 1.43 bits per heavy atom. The van der Waals surface area contributed by atoms with Crippen LogP contribution in [0.5, 0.6) is 0 Å². The van der Waals surface area contributed by atoms with E-state index >= 15 is 0 Å². The number of carbonyl (C=O) groups is 1. The molecule has 1 aromatic heterocycles. The van der Waals surface area contributed by atoms with Gasteiger partial charge in [-0.1, -0.05) is 11.8 Å².